The highest BCUT2D eigenvalue weighted by atomic mass is 19.1. The molecular formula is C11H14F2N2O2. The lowest BCUT2D eigenvalue weighted by molar-refractivity contribution is -0.139. The molecule has 17 heavy (non-hydrogen) atoms. The molecule has 0 aromatic heterocycles. The molecule has 0 bridgehead atoms. The number of carboxylic acids is 1. The van der Waals surface area contributed by atoms with Crippen LogP contribution in [0.15, 0.2) is 18.2 Å². The first kappa shape index (κ1) is 13.4. The summed E-state index contributed by atoms with van der Waals surface area (Å²) in [6, 6.07) is 2.21. The number of carbonyl (C=O) groups is 1. The molecule has 1 atom stereocenters. The minimum Gasteiger partial charge on any atom is -0.480 e. The topological polar surface area (TPSA) is 52.6 Å². The first-order valence-corrected chi connectivity index (χ1v) is 5.02. The van der Waals surface area contributed by atoms with Crippen molar-refractivity contribution in [3.63, 3.8) is 0 Å². The number of halogens is 2. The van der Waals surface area contributed by atoms with E-state index in [1.807, 2.05) is 0 Å². The normalized spacial score (nSPS) is 12.2. The van der Waals surface area contributed by atoms with Gasteiger partial charge in [-0.25, -0.2) is 8.78 Å². The molecule has 0 heterocycles. The van der Waals surface area contributed by atoms with Crippen LogP contribution in [0.5, 0.6) is 0 Å². The Kier molecular flexibility index (Phi) is 4.39. The van der Waals surface area contributed by atoms with Gasteiger partial charge in [0.1, 0.15) is 17.7 Å². The molecule has 6 heteroatoms. The zero-order valence-corrected chi connectivity index (χ0v) is 9.58. The maximum atomic E-state index is 13.4. The Balaban J connectivity index is 2.85. The van der Waals surface area contributed by atoms with Gasteiger partial charge in [0, 0.05) is 19.7 Å². The van der Waals surface area contributed by atoms with Crippen molar-refractivity contribution in [3.8, 4) is 0 Å². The summed E-state index contributed by atoms with van der Waals surface area (Å²) in [6.45, 7) is 0.0339. The molecule has 0 radical (unpaired) electrons. The molecule has 1 unspecified atom stereocenters. The number of hydrogen-bond acceptors (Lipinski definition) is 3. The van der Waals surface area contributed by atoms with Gasteiger partial charge in [-0.1, -0.05) is 0 Å². The number of likely N-dealkylation sites (N-methyl/N-ethyl adjacent to an activating group) is 2. The zero-order valence-electron chi connectivity index (χ0n) is 9.58. The third-order valence-corrected chi connectivity index (χ3v) is 2.42. The van der Waals surface area contributed by atoms with Crippen molar-refractivity contribution < 1.29 is 18.7 Å². The fourth-order valence-electron chi connectivity index (χ4n) is 1.44. The summed E-state index contributed by atoms with van der Waals surface area (Å²) in [4.78, 5) is 12.1. The summed E-state index contributed by atoms with van der Waals surface area (Å²) < 4.78 is 26.4. The maximum Gasteiger partial charge on any atom is 0.322 e. The number of carboxylic acid groups (broad SMARTS) is 1. The highest BCUT2D eigenvalue weighted by Gasteiger charge is 2.19. The SMILES string of the molecule is CNC(CN(C)c1cc(F)ccc1F)C(=O)O. The van der Waals surface area contributed by atoms with Gasteiger partial charge in [0.15, 0.2) is 0 Å². The van der Waals surface area contributed by atoms with Crippen LogP contribution < -0.4 is 10.2 Å². The number of hydrogen-bond donors (Lipinski definition) is 2. The van der Waals surface area contributed by atoms with E-state index in [-0.39, 0.29) is 12.2 Å². The van der Waals surface area contributed by atoms with E-state index in [4.69, 9.17) is 5.11 Å². The first-order chi connectivity index (χ1) is 7.95. The minimum absolute atomic E-state index is 0.0338. The van der Waals surface area contributed by atoms with Crippen LogP contribution in [0.25, 0.3) is 0 Å². The molecule has 94 valence electrons. The average molecular weight is 244 g/mol. The highest BCUT2D eigenvalue weighted by Crippen LogP contribution is 2.19. The van der Waals surface area contributed by atoms with Crippen LogP contribution >= 0.6 is 0 Å². The molecular weight excluding hydrogens is 230 g/mol. The van der Waals surface area contributed by atoms with Crippen molar-refractivity contribution >= 4 is 11.7 Å². The Morgan fingerprint density at radius 2 is 2.18 bits per heavy atom. The van der Waals surface area contributed by atoms with Gasteiger partial charge in [-0.05, 0) is 19.2 Å². The zero-order chi connectivity index (χ0) is 13.0. The summed E-state index contributed by atoms with van der Waals surface area (Å²) in [6.07, 6.45) is 0. The molecule has 2 N–H and O–H groups in total. The van der Waals surface area contributed by atoms with Gasteiger partial charge < -0.3 is 15.3 Å². The fraction of sp³-hybridized carbons (Fsp3) is 0.364. The standard InChI is InChI=1S/C11H14F2N2O2/c1-14-9(11(16)17)6-15(2)10-5-7(12)3-4-8(10)13/h3-5,9,14H,6H2,1-2H3,(H,16,17). The van der Waals surface area contributed by atoms with Crippen LogP contribution in [0, 0.1) is 11.6 Å². The Morgan fingerprint density at radius 3 is 2.71 bits per heavy atom. The Morgan fingerprint density at radius 1 is 1.53 bits per heavy atom. The van der Waals surface area contributed by atoms with Crippen LogP contribution in [0.3, 0.4) is 0 Å². The first-order valence-electron chi connectivity index (χ1n) is 5.02. The molecule has 0 saturated carbocycles. The highest BCUT2D eigenvalue weighted by molar-refractivity contribution is 5.74. The molecule has 0 fully saturated rings. The minimum atomic E-state index is -1.05. The summed E-state index contributed by atoms with van der Waals surface area (Å²) in [5, 5.41) is 11.4. The number of nitrogens with one attached hydrogen (secondary N) is 1. The number of nitrogens with zero attached hydrogens (tertiary/aromatic N) is 1. The summed E-state index contributed by atoms with van der Waals surface area (Å²) >= 11 is 0. The monoisotopic (exact) mass is 244 g/mol. The van der Waals surface area contributed by atoms with Gasteiger partial charge in [-0.2, -0.15) is 0 Å². The fourth-order valence-corrected chi connectivity index (χ4v) is 1.44. The summed E-state index contributed by atoms with van der Waals surface area (Å²) in [7, 11) is 3.00. The van der Waals surface area contributed by atoms with Crippen LogP contribution in [0.4, 0.5) is 14.5 Å². The molecule has 4 nitrogen and oxygen atoms in total. The number of aliphatic carboxylic acids is 1. The molecule has 0 saturated heterocycles. The smallest absolute Gasteiger partial charge is 0.322 e. The average Bonchev–Trinajstić information content (AvgIpc) is 2.28. The van der Waals surface area contributed by atoms with Gasteiger partial charge >= 0.3 is 5.97 Å². The molecule has 1 rings (SSSR count). The predicted molar refractivity (Wildman–Crippen MR) is 60.1 cm³/mol. The van der Waals surface area contributed by atoms with Crippen LogP contribution in [0.1, 0.15) is 0 Å². The summed E-state index contributed by atoms with van der Waals surface area (Å²) in [5.74, 6) is -2.20. The van der Waals surface area contributed by atoms with Crippen molar-refractivity contribution in [1.82, 2.24) is 5.32 Å². The predicted octanol–water partition coefficient (Wildman–Crippen LogP) is 1.07. The summed E-state index contributed by atoms with van der Waals surface area (Å²) in [5.41, 5.74) is 0.0338. The third-order valence-electron chi connectivity index (χ3n) is 2.42. The van der Waals surface area contributed by atoms with Gasteiger partial charge in [0.05, 0.1) is 5.69 Å². The molecule has 0 amide bonds. The van der Waals surface area contributed by atoms with Crippen molar-refractivity contribution in [2.45, 2.75) is 6.04 Å². The molecule has 0 aliphatic heterocycles. The lowest BCUT2D eigenvalue weighted by Gasteiger charge is -2.23. The Labute approximate surface area is 97.9 Å². The molecule has 1 aromatic carbocycles. The van der Waals surface area contributed by atoms with Crippen molar-refractivity contribution in [3.05, 3.63) is 29.8 Å². The molecule has 0 aliphatic carbocycles. The van der Waals surface area contributed by atoms with Crippen molar-refractivity contribution in [1.29, 1.82) is 0 Å². The number of rotatable bonds is 5. The second kappa shape index (κ2) is 5.58. The third kappa shape index (κ3) is 3.39. The van der Waals surface area contributed by atoms with Gasteiger partial charge in [0.2, 0.25) is 0 Å². The van der Waals surface area contributed by atoms with Gasteiger partial charge in [0.25, 0.3) is 0 Å². The lowest BCUT2D eigenvalue weighted by Crippen LogP contribution is -2.43. The number of benzene rings is 1. The molecule has 1 aromatic rings. The lowest BCUT2D eigenvalue weighted by atomic mass is 10.2. The molecule has 0 spiro atoms. The van der Waals surface area contributed by atoms with Gasteiger partial charge in [-0.15, -0.1) is 0 Å². The number of anilines is 1. The largest absolute Gasteiger partial charge is 0.480 e. The van der Waals surface area contributed by atoms with E-state index in [9.17, 15) is 13.6 Å². The van der Waals surface area contributed by atoms with Gasteiger partial charge in [-0.3, -0.25) is 4.79 Å². The van der Waals surface area contributed by atoms with Crippen molar-refractivity contribution in [2.75, 3.05) is 25.5 Å². The maximum absolute atomic E-state index is 13.4. The van der Waals surface area contributed by atoms with E-state index in [0.29, 0.717) is 0 Å². The van der Waals surface area contributed by atoms with Crippen molar-refractivity contribution in [2.24, 2.45) is 0 Å². The second-order valence-corrected chi connectivity index (χ2v) is 3.66. The van der Waals surface area contributed by atoms with E-state index < -0.39 is 23.6 Å². The molecule has 0 aliphatic rings. The van der Waals surface area contributed by atoms with E-state index in [1.165, 1.54) is 19.0 Å². The van der Waals surface area contributed by atoms with E-state index in [2.05, 4.69) is 5.32 Å². The van der Waals surface area contributed by atoms with E-state index in [0.717, 1.165) is 18.2 Å². The van der Waals surface area contributed by atoms with Crippen LogP contribution in [0.2, 0.25) is 0 Å². The quantitative estimate of drug-likeness (QED) is 0.813. The van der Waals surface area contributed by atoms with Crippen LogP contribution in [-0.2, 0) is 4.79 Å². The van der Waals surface area contributed by atoms with E-state index >= 15 is 0 Å². The Hall–Kier alpha value is -1.69. The van der Waals surface area contributed by atoms with Crippen LogP contribution in [-0.4, -0.2) is 37.8 Å². The van der Waals surface area contributed by atoms with E-state index in [1.54, 1.807) is 0 Å². The Bertz CT molecular complexity index is 412. The second-order valence-electron chi connectivity index (χ2n) is 3.66.